The monoisotopic (exact) mass is 395 g/mol. The van der Waals surface area contributed by atoms with E-state index in [1.807, 2.05) is 24.3 Å². The van der Waals surface area contributed by atoms with Crippen LogP contribution in [0.25, 0.3) is 11.1 Å². The number of benzene rings is 3. The third-order valence-corrected chi connectivity index (χ3v) is 5.84. The van der Waals surface area contributed by atoms with Crippen LogP contribution in [0, 0.1) is 0 Å². The van der Waals surface area contributed by atoms with E-state index in [1.165, 1.54) is 12.1 Å². The number of rotatable bonds is 4. The number of phenols is 1. The number of carbonyl (C=O) groups excluding carboxylic acids is 1. The maximum atomic E-state index is 12.2. The van der Waals surface area contributed by atoms with Crippen LogP contribution in [0.1, 0.15) is 18.0 Å². The maximum Gasteiger partial charge on any atom is 0.356 e. The SMILES string of the molecule is O=C1CC(c2ccc(O)cc2)N1c1ccc(-c2cccc(P(=O)(O)O)c2)cc1. The average molecular weight is 395 g/mol. The Morgan fingerprint density at radius 1 is 0.893 bits per heavy atom. The first kappa shape index (κ1) is 18.4. The minimum Gasteiger partial charge on any atom is -0.508 e. The van der Waals surface area contributed by atoms with Crippen LogP contribution >= 0.6 is 7.60 Å². The van der Waals surface area contributed by atoms with Gasteiger partial charge in [0.2, 0.25) is 5.91 Å². The summed E-state index contributed by atoms with van der Waals surface area (Å²) < 4.78 is 11.5. The molecule has 1 saturated heterocycles. The molecule has 0 bridgehead atoms. The molecule has 1 unspecified atom stereocenters. The van der Waals surface area contributed by atoms with Crippen LogP contribution in [-0.2, 0) is 9.36 Å². The van der Waals surface area contributed by atoms with Crippen molar-refractivity contribution < 1.29 is 24.3 Å². The highest BCUT2D eigenvalue weighted by Gasteiger charge is 2.38. The van der Waals surface area contributed by atoms with Crippen molar-refractivity contribution in [1.82, 2.24) is 0 Å². The van der Waals surface area contributed by atoms with Crippen LogP contribution in [-0.4, -0.2) is 20.8 Å². The highest BCUT2D eigenvalue weighted by Crippen LogP contribution is 2.40. The summed E-state index contributed by atoms with van der Waals surface area (Å²) in [5.41, 5.74) is 3.20. The summed E-state index contributed by atoms with van der Waals surface area (Å²) >= 11 is 0. The minimum atomic E-state index is -4.31. The normalized spacial score (nSPS) is 16.7. The van der Waals surface area contributed by atoms with Crippen LogP contribution in [0.15, 0.2) is 72.8 Å². The smallest absolute Gasteiger partial charge is 0.356 e. The van der Waals surface area contributed by atoms with Crippen molar-refractivity contribution >= 4 is 24.5 Å². The van der Waals surface area contributed by atoms with Crippen molar-refractivity contribution in [3.8, 4) is 16.9 Å². The summed E-state index contributed by atoms with van der Waals surface area (Å²) in [6.07, 6.45) is 0.414. The number of carbonyl (C=O) groups is 1. The molecule has 3 aromatic carbocycles. The summed E-state index contributed by atoms with van der Waals surface area (Å²) in [4.78, 5) is 32.6. The number of nitrogens with zero attached hydrogens (tertiary/aromatic N) is 1. The molecule has 0 saturated carbocycles. The Labute approximate surface area is 161 Å². The number of hydrogen-bond donors (Lipinski definition) is 3. The number of aromatic hydroxyl groups is 1. The molecule has 1 aliphatic heterocycles. The van der Waals surface area contributed by atoms with Gasteiger partial charge in [-0.3, -0.25) is 9.36 Å². The molecule has 1 aliphatic rings. The van der Waals surface area contributed by atoms with Crippen LogP contribution in [0.5, 0.6) is 5.75 Å². The van der Waals surface area contributed by atoms with Gasteiger partial charge in [-0.05, 0) is 53.1 Å². The summed E-state index contributed by atoms with van der Waals surface area (Å²) in [6.45, 7) is 0. The second-order valence-electron chi connectivity index (χ2n) is 6.72. The standard InChI is InChI=1S/C21H18NO5P/c23-18-10-6-15(7-11-18)20-13-21(24)22(20)17-8-4-14(5-9-17)16-2-1-3-19(12-16)28(25,26)27/h1-12,20,23H,13H2,(H2,25,26,27). The Morgan fingerprint density at radius 3 is 2.18 bits per heavy atom. The van der Waals surface area contributed by atoms with Gasteiger partial charge < -0.3 is 19.8 Å². The highest BCUT2D eigenvalue weighted by molar-refractivity contribution is 7.60. The second kappa shape index (κ2) is 6.91. The Bertz CT molecular complexity index is 1070. The number of β-lactam (4-membered cyclic amide) rings is 1. The molecule has 1 atom stereocenters. The molecule has 1 amide bonds. The van der Waals surface area contributed by atoms with Crippen molar-refractivity contribution in [3.05, 3.63) is 78.4 Å². The summed E-state index contributed by atoms with van der Waals surface area (Å²) in [7, 11) is -4.31. The molecule has 28 heavy (non-hydrogen) atoms. The number of phenolic OH excluding ortho intramolecular Hbond substituents is 1. The molecule has 3 N–H and O–H groups in total. The topological polar surface area (TPSA) is 98.1 Å². The molecule has 7 heteroatoms. The zero-order valence-corrected chi connectivity index (χ0v) is 15.7. The van der Waals surface area contributed by atoms with E-state index in [4.69, 9.17) is 0 Å². The van der Waals surface area contributed by atoms with Crippen LogP contribution in [0.3, 0.4) is 0 Å². The molecule has 3 aromatic rings. The van der Waals surface area contributed by atoms with Gasteiger partial charge in [0.25, 0.3) is 0 Å². The fourth-order valence-electron chi connectivity index (χ4n) is 3.38. The third kappa shape index (κ3) is 3.45. The lowest BCUT2D eigenvalue weighted by molar-refractivity contribution is -0.124. The summed E-state index contributed by atoms with van der Waals surface area (Å²) in [5, 5.41) is 9.41. The van der Waals surface area contributed by atoms with Crippen molar-refractivity contribution in [1.29, 1.82) is 0 Å². The molecule has 0 radical (unpaired) electrons. The molecule has 142 valence electrons. The second-order valence-corrected chi connectivity index (χ2v) is 8.32. The van der Waals surface area contributed by atoms with Crippen LogP contribution < -0.4 is 10.2 Å². The first-order valence-corrected chi connectivity index (χ1v) is 10.3. The van der Waals surface area contributed by atoms with Gasteiger partial charge in [0.1, 0.15) is 5.75 Å². The van der Waals surface area contributed by atoms with Gasteiger partial charge in [0.15, 0.2) is 0 Å². The van der Waals surface area contributed by atoms with Gasteiger partial charge in [-0.25, -0.2) is 0 Å². The lowest BCUT2D eigenvalue weighted by Crippen LogP contribution is -2.46. The number of anilines is 1. The van der Waals surface area contributed by atoms with Crippen molar-refractivity contribution in [2.24, 2.45) is 0 Å². The molecule has 0 aromatic heterocycles. The molecular formula is C21H18NO5P. The van der Waals surface area contributed by atoms with Crippen LogP contribution in [0.2, 0.25) is 0 Å². The molecule has 1 fully saturated rings. The van der Waals surface area contributed by atoms with E-state index in [1.54, 1.807) is 41.3 Å². The summed E-state index contributed by atoms with van der Waals surface area (Å²) in [5.74, 6) is 0.206. The third-order valence-electron chi connectivity index (χ3n) is 4.89. The van der Waals surface area contributed by atoms with E-state index >= 15 is 0 Å². The number of hydrogen-bond acceptors (Lipinski definition) is 3. The zero-order valence-electron chi connectivity index (χ0n) is 14.8. The van der Waals surface area contributed by atoms with E-state index in [9.17, 15) is 24.3 Å². The zero-order chi connectivity index (χ0) is 19.9. The quantitative estimate of drug-likeness (QED) is 0.465. The summed E-state index contributed by atoms with van der Waals surface area (Å²) in [6, 6.07) is 20.3. The fraction of sp³-hybridized carbons (Fsp3) is 0.0952. The van der Waals surface area contributed by atoms with Gasteiger partial charge in [-0.2, -0.15) is 0 Å². The Morgan fingerprint density at radius 2 is 1.57 bits per heavy atom. The lowest BCUT2D eigenvalue weighted by Gasteiger charge is -2.40. The lowest BCUT2D eigenvalue weighted by atomic mass is 9.92. The highest BCUT2D eigenvalue weighted by atomic mass is 31.2. The first-order chi connectivity index (χ1) is 13.3. The van der Waals surface area contributed by atoms with E-state index < -0.39 is 7.60 Å². The number of amides is 1. The minimum absolute atomic E-state index is 0.0225. The van der Waals surface area contributed by atoms with Gasteiger partial charge in [-0.15, -0.1) is 0 Å². The van der Waals surface area contributed by atoms with Crippen molar-refractivity contribution in [2.75, 3.05) is 4.90 Å². The fourth-order valence-corrected chi connectivity index (χ4v) is 3.97. The molecule has 6 nitrogen and oxygen atoms in total. The Balaban J connectivity index is 1.60. The van der Waals surface area contributed by atoms with E-state index in [-0.39, 0.29) is 23.0 Å². The molecule has 4 rings (SSSR count). The maximum absolute atomic E-state index is 12.2. The Hall–Kier alpha value is -2.92. The van der Waals surface area contributed by atoms with Gasteiger partial charge in [0, 0.05) is 5.69 Å². The van der Waals surface area contributed by atoms with Gasteiger partial charge in [0.05, 0.1) is 17.8 Å². The molecule has 0 aliphatic carbocycles. The average Bonchev–Trinajstić information content (AvgIpc) is 2.67. The predicted molar refractivity (Wildman–Crippen MR) is 107 cm³/mol. The molecule has 0 spiro atoms. The van der Waals surface area contributed by atoms with Gasteiger partial charge >= 0.3 is 7.60 Å². The van der Waals surface area contributed by atoms with Gasteiger partial charge in [-0.1, -0.05) is 36.4 Å². The predicted octanol–water partition coefficient (Wildman–Crippen LogP) is 3.34. The first-order valence-electron chi connectivity index (χ1n) is 8.70. The van der Waals surface area contributed by atoms with E-state index in [0.29, 0.717) is 12.0 Å². The van der Waals surface area contributed by atoms with Crippen molar-refractivity contribution in [2.45, 2.75) is 12.5 Å². The van der Waals surface area contributed by atoms with E-state index in [2.05, 4.69) is 0 Å². The van der Waals surface area contributed by atoms with Crippen LogP contribution in [0.4, 0.5) is 5.69 Å². The van der Waals surface area contributed by atoms with E-state index in [0.717, 1.165) is 16.8 Å². The van der Waals surface area contributed by atoms with Crippen molar-refractivity contribution in [3.63, 3.8) is 0 Å². The largest absolute Gasteiger partial charge is 0.508 e. The molecular weight excluding hydrogens is 377 g/mol. The molecule has 1 heterocycles. The Kier molecular flexibility index (Phi) is 4.55.